The third-order valence-electron chi connectivity index (χ3n) is 4.89. The number of hydrogen-bond donors (Lipinski definition) is 0. The molecule has 4 heterocycles. The molecule has 0 fully saturated rings. The van der Waals surface area contributed by atoms with Gasteiger partial charge in [-0.2, -0.15) is 5.10 Å². The Morgan fingerprint density at radius 3 is 2.71 bits per heavy atom. The first-order valence-electron chi connectivity index (χ1n) is 9.35. The van der Waals surface area contributed by atoms with Crippen LogP contribution in [0.15, 0.2) is 55.2 Å². The average Bonchev–Trinajstić information content (AvgIpc) is 3.33. The molecule has 3 aromatic heterocycles. The highest BCUT2D eigenvalue weighted by molar-refractivity contribution is 5.74. The van der Waals surface area contributed by atoms with Crippen molar-refractivity contribution in [2.24, 2.45) is 0 Å². The van der Waals surface area contributed by atoms with E-state index >= 15 is 0 Å². The molecule has 7 nitrogen and oxygen atoms in total. The van der Waals surface area contributed by atoms with Crippen LogP contribution < -0.4 is 4.74 Å². The predicted octanol–water partition coefficient (Wildman–Crippen LogP) is 3.84. The van der Waals surface area contributed by atoms with Gasteiger partial charge < -0.3 is 9.30 Å². The molecule has 0 unspecified atom stereocenters. The van der Waals surface area contributed by atoms with Crippen molar-refractivity contribution in [3.05, 3.63) is 55.2 Å². The van der Waals surface area contributed by atoms with Crippen LogP contribution in [0, 0.1) is 0 Å². The second kappa shape index (κ2) is 6.60. The maximum absolute atomic E-state index is 6.03. The van der Waals surface area contributed by atoms with Crippen LogP contribution in [0.4, 0.5) is 0 Å². The van der Waals surface area contributed by atoms with E-state index in [0.717, 1.165) is 46.3 Å². The number of benzene rings is 1. The average molecular weight is 372 g/mol. The van der Waals surface area contributed by atoms with Crippen LogP contribution in [0.1, 0.15) is 19.9 Å². The minimum Gasteiger partial charge on any atom is -0.491 e. The van der Waals surface area contributed by atoms with Gasteiger partial charge in [-0.25, -0.2) is 14.6 Å². The van der Waals surface area contributed by atoms with Gasteiger partial charge in [-0.15, -0.1) is 0 Å². The van der Waals surface area contributed by atoms with E-state index in [0.29, 0.717) is 6.61 Å². The van der Waals surface area contributed by atoms with Crippen LogP contribution in [-0.4, -0.2) is 35.9 Å². The summed E-state index contributed by atoms with van der Waals surface area (Å²) in [6.45, 7) is 5.50. The van der Waals surface area contributed by atoms with Crippen molar-refractivity contribution in [2.75, 3.05) is 6.61 Å². The number of fused-ring (bicyclic) bond motifs is 3. The van der Waals surface area contributed by atoms with Crippen molar-refractivity contribution in [3.63, 3.8) is 0 Å². The van der Waals surface area contributed by atoms with E-state index in [1.165, 1.54) is 0 Å². The molecule has 1 aromatic carbocycles. The van der Waals surface area contributed by atoms with E-state index in [4.69, 9.17) is 9.72 Å². The maximum atomic E-state index is 6.03. The molecule has 1 aliphatic heterocycles. The number of ether oxygens (including phenoxy) is 1. The molecule has 0 aliphatic carbocycles. The van der Waals surface area contributed by atoms with Crippen molar-refractivity contribution in [1.29, 1.82) is 0 Å². The van der Waals surface area contributed by atoms with Gasteiger partial charge in [0, 0.05) is 24.6 Å². The summed E-state index contributed by atoms with van der Waals surface area (Å²) in [4.78, 5) is 13.4. The second-order valence-corrected chi connectivity index (χ2v) is 7.06. The first-order valence-corrected chi connectivity index (χ1v) is 9.35. The first kappa shape index (κ1) is 16.7. The molecular weight excluding hydrogens is 352 g/mol. The summed E-state index contributed by atoms with van der Waals surface area (Å²) in [6, 6.07) is 10.5. The number of aromatic nitrogens is 6. The Bertz CT molecular complexity index is 1130. The molecule has 1 aliphatic rings. The highest BCUT2D eigenvalue weighted by Gasteiger charge is 2.22. The smallest absolute Gasteiger partial charge is 0.178 e. The SMILES string of the molecule is CC(C)n1ncnc1-c1cn2c(n1)-c1ccc(-c3ccncc3)cc1OCC2. The van der Waals surface area contributed by atoms with Crippen molar-refractivity contribution < 1.29 is 4.74 Å². The molecule has 0 saturated carbocycles. The summed E-state index contributed by atoms with van der Waals surface area (Å²) in [7, 11) is 0. The van der Waals surface area contributed by atoms with E-state index < -0.39 is 0 Å². The van der Waals surface area contributed by atoms with Crippen molar-refractivity contribution in [1.82, 2.24) is 29.3 Å². The zero-order valence-corrected chi connectivity index (χ0v) is 15.8. The van der Waals surface area contributed by atoms with Crippen LogP contribution >= 0.6 is 0 Å². The molecule has 0 N–H and O–H groups in total. The minimum atomic E-state index is 0.220. The molecule has 7 heteroatoms. The van der Waals surface area contributed by atoms with Gasteiger partial charge >= 0.3 is 0 Å². The maximum Gasteiger partial charge on any atom is 0.178 e. The summed E-state index contributed by atoms with van der Waals surface area (Å²) in [5.74, 6) is 2.52. The summed E-state index contributed by atoms with van der Waals surface area (Å²) >= 11 is 0. The lowest BCUT2D eigenvalue weighted by molar-refractivity contribution is 0.307. The number of imidazole rings is 1. The second-order valence-electron chi connectivity index (χ2n) is 7.06. The third kappa shape index (κ3) is 2.76. The molecular formula is C21H20N6O. The van der Waals surface area contributed by atoms with Gasteiger partial charge in [0.2, 0.25) is 0 Å². The Hall–Kier alpha value is -3.48. The van der Waals surface area contributed by atoms with E-state index in [-0.39, 0.29) is 6.04 Å². The zero-order valence-electron chi connectivity index (χ0n) is 15.8. The fourth-order valence-corrected chi connectivity index (χ4v) is 3.52. The van der Waals surface area contributed by atoms with Crippen LogP contribution in [0.25, 0.3) is 34.0 Å². The third-order valence-corrected chi connectivity index (χ3v) is 4.89. The fraction of sp³-hybridized carbons (Fsp3) is 0.238. The summed E-state index contributed by atoms with van der Waals surface area (Å²) < 4.78 is 10.1. The normalized spacial score (nSPS) is 13.0. The summed E-state index contributed by atoms with van der Waals surface area (Å²) in [5.41, 5.74) is 4.02. The monoisotopic (exact) mass is 372 g/mol. The lowest BCUT2D eigenvalue weighted by Gasteiger charge is -2.09. The van der Waals surface area contributed by atoms with Crippen LogP contribution in [0.3, 0.4) is 0 Å². The Morgan fingerprint density at radius 2 is 1.89 bits per heavy atom. The molecule has 0 saturated heterocycles. The van der Waals surface area contributed by atoms with E-state index in [1.807, 2.05) is 23.0 Å². The standard InChI is InChI=1S/C21H20N6O/c1-14(2)27-21(23-13-24-27)18-12-26-9-10-28-19-11-16(15-5-7-22-8-6-15)3-4-17(19)20(26)25-18/h3-8,11-14H,9-10H2,1-2H3. The van der Waals surface area contributed by atoms with Gasteiger partial charge in [-0.3, -0.25) is 4.98 Å². The molecule has 4 aromatic rings. The first-order chi connectivity index (χ1) is 13.7. The van der Waals surface area contributed by atoms with Gasteiger partial charge in [-0.05, 0) is 49.2 Å². The molecule has 0 spiro atoms. The minimum absolute atomic E-state index is 0.220. The highest BCUT2D eigenvalue weighted by Crippen LogP contribution is 2.36. The number of nitrogens with zero attached hydrogens (tertiary/aromatic N) is 6. The van der Waals surface area contributed by atoms with Gasteiger partial charge in [-0.1, -0.05) is 6.07 Å². The number of pyridine rings is 1. The van der Waals surface area contributed by atoms with Gasteiger partial charge in [0.25, 0.3) is 0 Å². The molecule has 140 valence electrons. The van der Waals surface area contributed by atoms with E-state index in [1.54, 1.807) is 18.7 Å². The Morgan fingerprint density at radius 1 is 1.04 bits per heavy atom. The Balaban J connectivity index is 1.60. The summed E-state index contributed by atoms with van der Waals surface area (Å²) in [5, 5.41) is 4.33. The predicted molar refractivity (Wildman–Crippen MR) is 106 cm³/mol. The largest absolute Gasteiger partial charge is 0.491 e. The molecule has 0 bridgehead atoms. The molecule has 0 amide bonds. The van der Waals surface area contributed by atoms with Crippen molar-refractivity contribution in [3.8, 4) is 39.8 Å². The van der Waals surface area contributed by atoms with Gasteiger partial charge in [0.05, 0.1) is 12.1 Å². The van der Waals surface area contributed by atoms with Crippen molar-refractivity contribution >= 4 is 0 Å². The topological polar surface area (TPSA) is 70.7 Å². The van der Waals surface area contributed by atoms with E-state index in [2.05, 4.69) is 51.7 Å². The zero-order chi connectivity index (χ0) is 19.1. The van der Waals surface area contributed by atoms with E-state index in [9.17, 15) is 0 Å². The Labute approximate surface area is 162 Å². The number of rotatable bonds is 3. The Kier molecular flexibility index (Phi) is 3.93. The molecule has 0 atom stereocenters. The van der Waals surface area contributed by atoms with Gasteiger partial charge in [0.15, 0.2) is 5.82 Å². The lowest BCUT2D eigenvalue weighted by atomic mass is 10.0. The number of hydrogen-bond acceptors (Lipinski definition) is 5. The van der Waals surface area contributed by atoms with Gasteiger partial charge in [0.1, 0.15) is 30.2 Å². The quantitative estimate of drug-likeness (QED) is 0.546. The highest BCUT2D eigenvalue weighted by atomic mass is 16.5. The molecule has 0 radical (unpaired) electrons. The van der Waals surface area contributed by atoms with Crippen LogP contribution in [0.5, 0.6) is 5.75 Å². The lowest BCUT2D eigenvalue weighted by Crippen LogP contribution is -2.06. The van der Waals surface area contributed by atoms with Crippen molar-refractivity contribution in [2.45, 2.75) is 26.4 Å². The summed E-state index contributed by atoms with van der Waals surface area (Å²) in [6.07, 6.45) is 7.21. The molecule has 28 heavy (non-hydrogen) atoms. The van der Waals surface area contributed by atoms with Crippen LogP contribution in [-0.2, 0) is 6.54 Å². The van der Waals surface area contributed by atoms with Crippen LogP contribution in [0.2, 0.25) is 0 Å². The molecule has 5 rings (SSSR count). The fourth-order valence-electron chi connectivity index (χ4n) is 3.52.